The van der Waals surface area contributed by atoms with Gasteiger partial charge >= 0.3 is 0 Å². The van der Waals surface area contributed by atoms with Crippen molar-refractivity contribution in [3.05, 3.63) is 35.4 Å². The number of aryl methyl sites for hydroxylation is 1. The van der Waals surface area contributed by atoms with Crippen molar-refractivity contribution in [2.75, 3.05) is 12.4 Å². The van der Waals surface area contributed by atoms with E-state index in [0.29, 0.717) is 11.8 Å². The van der Waals surface area contributed by atoms with E-state index in [2.05, 4.69) is 29.8 Å². The molecule has 1 saturated carbocycles. The molecule has 112 valence electrons. The van der Waals surface area contributed by atoms with Crippen molar-refractivity contribution in [1.82, 2.24) is 4.72 Å². The van der Waals surface area contributed by atoms with Crippen molar-refractivity contribution < 1.29 is 12.8 Å². The maximum Gasteiger partial charge on any atom is 0.211 e. The molecule has 1 aliphatic carbocycles. The number of sulfonamides is 1. The molecule has 1 fully saturated rings. The van der Waals surface area contributed by atoms with Gasteiger partial charge in [-0.25, -0.2) is 13.1 Å². The number of hydrogen-bond acceptors (Lipinski definition) is 2. The standard InChI is InChI=1S/C15H22FNO2S/c1-11-5-3-6-13(9-11)15-10-14(15)12(2)17-20(18,19)8-4-7-16/h3,5-6,9,12,14-15,17H,4,7-8,10H2,1-2H3/t12-,14-,15+/m1/s1. The summed E-state index contributed by atoms with van der Waals surface area (Å²) in [5.74, 6) is 0.654. The minimum Gasteiger partial charge on any atom is -0.251 e. The molecular weight excluding hydrogens is 277 g/mol. The summed E-state index contributed by atoms with van der Waals surface area (Å²) in [5, 5.41) is 0. The maximum absolute atomic E-state index is 12.1. The van der Waals surface area contributed by atoms with E-state index in [1.807, 2.05) is 13.0 Å². The normalized spacial score (nSPS) is 23.6. The van der Waals surface area contributed by atoms with Crippen LogP contribution in [0, 0.1) is 12.8 Å². The smallest absolute Gasteiger partial charge is 0.211 e. The Bertz CT molecular complexity index is 559. The van der Waals surface area contributed by atoms with Crippen LogP contribution in [0.15, 0.2) is 24.3 Å². The highest BCUT2D eigenvalue weighted by Crippen LogP contribution is 2.49. The monoisotopic (exact) mass is 299 g/mol. The second-order valence-electron chi connectivity index (χ2n) is 5.69. The quantitative estimate of drug-likeness (QED) is 0.841. The van der Waals surface area contributed by atoms with E-state index in [9.17, 15) is 12.8 Å². The molecule has 5 heteroatoms. The van der Waals surface area contributed by atoms with Crippen molar-refractivity contribution in [1.29, 1.82) is 0 Å². The molecule has 0 spiro atoms. The first-order valence-electron chi connectivity index (χ1n) is 7.05. The van der Waals surface area contributed by atoms with Crippen molar-refractivity contribution in [2.45, 2.75) is 38.6 Å². The van der Waals surface area contributed by atoms with Crippen LogP contribution in [0.3, 0.4) is 0 Å². The summed E-state index contributed by atoms with van der Waals surface area (Å²) < 4.78 is 38.2. The Kier molecular flexibility index (Phi) is 4.81. The van der Waals surface area contributed by atoms with Gasteiger partial charge in [0.05, 0.1) is 12.4 Å². The van der Waals surface area contributed by atoms with Gasteiger partial charge in [0.25, 0.3) is 0 Å². The molecule has 3 atom stereocenters. The van der Waals surface area contributed by atoms with E-state index in [-0.39, 0.29) is 18.2 Å². The van der Waals surface area contributed by atoms with E-state index in [0.717, 1.165) is 6.42 Å². The molecule has 0 aromatic heterocycles. The topological polar surface area (TPSA) is 46.2 Å². The number of hydrogen-bond donors (Lipinski definition) is 1. The van der Waals surface area contributed by atoms with Crippen LogP contribution in [0.5, 0.6) is 0 Å². The number of benzene rings is 1. The fourth-order valence-corrected chi connectivity index (χ4v) is 4.07. The van der Waals surface area contributed by atoms with Crippen molar-refractivity contribution in [3.8, 4) is 0 Å². The third kappa shape index (κ3) is 4.03. The minimum atomic E-state index is -3.35. The van der Waals surface area contributed by atoms with Crippen LogP contribution < -0.4 is 4.72 Å². The molecule has 0 heterocycles. The van der Waals surface area contributed by atoms with Gasteiger partial charge in [0.15, 0.2) is 0 Å². The highest BCUT2D eigenvalue weighted by molar-refractivity contribution is 7.89. The molecule has 1 aromatic rings. The molecule has 1 aromatic carbocycles. The zero-order valence-electron chi connectivity index (χ0n) is 12.0. The van der Waals surface area contributed by atoms with Crippen LogP contribution in [-0.2, 0) is 10.0 Å². The predicted molar refractivity (Wildman–Crippen MR) is 79.0 cm³/mol. The van der Waals surface area contributed by atoms with E-state index in [1.165, 1.54) is 11.1 Å². The summed E-state index contributed by atoms with van der Waals surface area (Å²) in [5.41, 5.74) is 2.51. The van der Waals surface area contributed by atoms with Crippen LogP contribution >= 0.6 is 0 Å². The van der Waals surface area contributed by atoms with Gasteiger partial charge in [0, 0.05) is 6.04 Å². The van der Waals surface area contributed by atoms with Gasteiger partial charge < -0.3 is 0 Å². The molecule has 20 heavy (non-hydrogen) atoms. The number of alkyl halides is 1. The Morgan fingerprint density at radius 2 is 2.20 bits per heavy atom. The highest BCUT2D eigenvalue weighted by atomic mass is 32.2. The number of rotatable bonds is 7. The van der Waals surface area contributed by atoms with Gasteiger partial charge in [0.1, 0.15) is 0 Å². The van der Waals surface area contributed by atoms with E-state index >= 15 is 0 Å². The molecule has 0 aliphatic heterocycles. The van der Waals surface area contributed by atoms with Gasteiger partial charge in [-0.3, -0.25) is 4.39 Å². The molecule has 1 N–H and O–H groups in total. The predicted octanol–water partition coefficient (Wildman–Crippen LogP) is 2.77. The lowest BCUT2D eigenvalue weighted by atomic mass is 10.0. The Labute approximate surface area is 120 Å². The Morgan fingerprint density at radius 3 is 2.85 bits per heavy atom. The van der Waals surface area contributed by atoms with Crippen molar-refractivity contribution in [2.24, 2.45) is 5.92 Å². The van der Waals surface area contributed by atoms with E-state index < -0.39 is 16.7 Å². The molecule has 0 bridgehead atoms. The maximum atomic E-state index is 12.1. The lowest BCUT2D eigenvalue weighted by Crippen LogP contribution is -2.36. The third-order valence-electron chi connectivity index (χ3n) is 3.86. The molecule has 2 rings (SSSR count). The average Bonchev–Trinajstić information content (AvgIpc) is 3.16. The second kappa shape index (κ2) is 6.22. The van der Waals surface area contributed by atoms with Crippen LogP contribution in [-0.4, -0.2) is 26.9 Å². The third-order valence-corrected chi connectivity index (χ3v) is 5.42. The Balaban J connectivity index is 1.91. The molecule has 0 amide bonds. The van der Waals surface area contributed by atoms with E-state index in [1.54, 1.807) is 0 Å². The molecule has 0 saturated heterocycles. The summed E-state index contributed by atoms with van der Waals surface area (Å²) in [6, 6.07) is 8.27. The SMILES string of the molecule is Cc1cccc([C@@H]2C[C@@H]2[C@@H](C)NS(=O)(=O)CCCF)c1. The van der Waals surface area contributed by atoms with Crippen LogP contribution in [0.4, 0.5) is 4.39 Å². The van der Waals surface area contributed by atoms with Gasteiger partial charge in [-0.1, -0.05) is 29.8 Å². The minimum absolute atomic E-state index is 0.0635. The number of halogens is 1. The summed E-state index contributed by atoms with van der Waals surface area (Å²) in [7, 11) is -3.35. The first-order valence-corrected chi connectivity index (χ1v) is 8.70. The molecule has 0 radical (unpaired) electrons. The van der Waals surface area contributed by atoms with Gasteiger partial charge in [-0.05, 0) is 44.1 Å². The average molecular weight is 299 g/mol. The zero-order valence-corrected chi connectivity index (χ0v) is 12.8. The van der Waals surface area contributed by atoms with Crippen LogP contribution in [0.25, 0.3) is 0 Å². The Hall–Kier alpha value is -0.940. The van der Waals surface area contributed by atoms with Crippen LogP contribution in [0.1, 0.15) is 36.8 Å². The van der Waals surface area contributed by atoms with Crippen molar-refractivity contribution >= 4 is 10.0 Å². The lowest BCUT2D eigenvalue weighted by Gasteiger charge is -2.14. The summed E-state index contributed by atoms with van der Waals surface area (Å²) in [6.45, 7) is 3.36. The first-order chi connectivity index (χ1) is 9.43. The van der Waals surface area contributed by atoms with Gasteiger partial charge in [-0.15, -0.1) is 0 Å². The van der Waals surface area contributed by atoms with Crippen LogP contribution in [0.2, 0.25) is 0 Å². The molecule has 3 nitrogen and oxygen atoms in total. The highest BCUT2D eigenvalue weighted by Gasteiger charge is 2.43. The fraction of sp³-hybridized carbons (Fsp3) is 0.600. The second-order valence-corrected chi connectivity index (χ2v) is 7.56. The Morgan fingerprint density at radius 1 is 1.45 bits per heavy atom. The van der Waals surface area contributed by atoms with E-state index in [4.69, 9.17) is 0 Å². The van der Waals surface area contributed by atoms with Gasteiger partial charge in [-0.2, -0.15) is 0 Å². The molecule has 1 aliphatic rings. The molecule has 0 unspecified atom stereocenters. The molecular formula is C15H22FNO2S. The largest absolute Gasteiger partial charge is 0.251 e. The lowest BCUT2D eigenvalue weighted by molar-refractivity contribution is 0.479. The fourth-order valence-electron chi connectivity index (χ4n) is 2.73. The van der Waals surface area contributed by atoms with Gasteiger partial charge in [0.2, 0.25) is 10.0 Å². The van der Waals surface area contributed by atoms with Crippen molar-refractivity contribution in [3.63, 3.8) is 0 Å². The summed E-state index contributed by atoms with van der Waals surface area (Å²) >= 11 is 0. The summed E-state index contributed by atoms with van der Waals surface area (Å²) in [6.07, 6.45) is 1.07. The zero-order chi connectivity index (χ0) is 14.8. The number of nitrogens with one attached hydrogen (secondary N) is 1. The first kappa shape index (κ1) is 15.4. The summed E-state index contributed by atoms with van der Waals surface area (Å²) in [4.78, 5) is 0.